The highest BCUT2D eigenvalue weighted by atomic mass is 32.2. The summed E-state index contributed by atoms with van der Waals surface area (Å²) in [5.41, 5.74) is 4.26. The second kappa shape index (κ2) is 7.39. The monoisotopic (exact) mass is 423 g/mol. The maximum atomic E-state index is 11.5. The topological polar surface area (TPSA) is 130 Å². The number of sulfonamides is 1. The van der Waals surface area contributed by atoms with Gasteiger partial charge in [0.1, 0.15) is 5.82 Å². The fourth-order valence-corrected chi connectivity index (χ4v) is 3.75. The number of hydrogen-bond acceptors (Lipinski definition) is 7. The molecule has 0 aliphatic carbocycles. The summed E-state index contributed by atoms with van der Waals surface area (Å²) < 4.78 is 23.0. The molecule has 0 spiro atoms. The summed E-state index contributed by atoms with van der Waals surface area (Å²) in [6.45, 7) is 3.75. The van der Waals surface area contributed by atoms with Gasteiger partial charge in [-0.3, -0.25) is 5.10 Å². The van der Waals surface area contributed by atoms with Crippen molar-refractivity contribution in [1.29, 1.82) is 0 Å². The molecule has 0 aliphatic heterocycles. The third kappa shape index (κ3) is 3.82. The van der Waals surface area contributed by atoms with Crippen molar-refractivity contribution >= 4 is 44.1 Å². The molecule has 4 aromatic rings. The summed E-state index contributed by atoms with van der Waals surface area (Å²) in [4.78, 5) is 10.8. The number of anilines is 4. The van der Waals surface area contributed by atoms with E-state index >= 15 is 0 Å². The number of nitrogens with two attached hydrogens (primary N) is 1. The number of nitrogens with zero attached hydrogens (tertiary/aromatic N) is 4. The molecule has 0 atom stereocenters. The summed E-state index contributed by atoms with van der Waals surface area (Å²) in [7, 11) is -1.83. The first-order valence-electron chi connectivity index (χ1n) is 9.14. The molecule has 2 aromatic carbocycles. The van der Waals surface area contributed by atoms with Gasteiger partial charge in [-0.15, -0.1) is 0 Å². The molecule has 0 unspecified atom stereocenters. The third-order valence-electron chi connectivity index (χ3n) is 4.88. The Balaban J connectivity index is 1.60. The van der Waals surface area contributed by atoms with Gasteiger partial charge in [-0.25, -0.2) is 18.5 Å². The Kier molecular flexibility index (Phi) is 4.88. The molecule has 9 nitrogen and oxygen atoms in total. The summed E-state index contributed by atoms with van der Waals surface area (Å²) in [6.07, 6.45) is 1.66. The fourth-order valence-electron chi connectivity index (χ4n) is 3.16. The van der Waals surface area contributed by atoms with Crippen LogP contribution in [0, 0.1) is 13.8 Å². The van der Waals surface area contributed by atoms with Crippen molar-refractivity contribution in [3.8, 4) is 0 Å². The fraction of sp³-hybridized carbons (Fsp3) is 0.150. The van der Waals surface area contributed by atoms with E-state index in [4.69, 9.17) is 5.14 Å². The van der Waals surface area contributed by atoms with Gasteiger partial charge in [0.15, 0.2) is 0 Å². The van der Waals surface area contributed by atoms with Crippen LogP contribution < -0.4 is 15.4 Å². The number of rotatable bonds is 5. The minimum absolute atomic E-state index is 0.0596. The van der Waals surface area contributed by atoms with Gasteiger partial charge in [-0.05, 0) is 61.9 Å². The van der Waals surface area contributed by atoms with E-state index in [0.29, 0.717) is 23.0 Å². The van der Waals surface area contributed by atoms with Gasteiger partial charge in [0, 0.05) is 30.0 Å². The Labute approximate surface area is 174 Å². The highest BCUT2D eigenvalue weighted by Gasteiger charge is 2.12. The second-order valence-corrected chi connectivity index (χ2v) is 8.54. The average Bonchev–Trinajstić information content (AvgIpc) is 3.08. The smallest absolute Gasteiger partial charge is 0.238 e. The molecule has 4 N–H and O–H groups in total. The standard InChI is InChI=1S/C20H21N7O2S/c1-12-10-15(30(21,28)29)5-7-17(12)23-20-22-9-8-19(24-20)27(3)14-4-6-16-13(2)25-26-18(16)11-14/h4-11H,1-3H3,(H,25,26)(H2,21,28,29)(H,22,23,24). The van der Waals surface area contributed by atoms with Crippen LogP contribution in [0.1, 0.15) is 11.3 Å². The lowest BCUT2D eigenvalue weighted by Crippen LogP contribution is -2.13. The average molecular weight is 424 g/mol. The number of benzene rings is 2. The molecule has 2 heterocycles. The minimum Gasteiger partial charge on any atom is -0.329 e. The summed E-state index contributed by atoms with van der Waals surface area (Å²) in [6, 6.07) is 12.5. The quantitative estimate of drug-likeness (QED) is 0.449. The normalized spacial score (nSPS) is 11.6. The van der Waals surface area contributed by atoms with Gasteiger partial charge in [-0.1, -0.05) is 0 Å². The van der Waals surface area contributed by atoms with Gasteiger partial charge in [0.25, 0.3) is 0 Å². The number of primary sulfonamides is 1. The first-order chi connectivity index (χ1) is 14.2. The van der Waals surface area contributed by atoms with E-state index in [0.717, 1.165) is 22.3 Å². The first kappa shape index (κ1) is 19.8. The Morgan fingerprint density at radius 2 is 1.90 bits per heavy atom. The molecule has 0 aliphatic rings. The highest BCUT2D eigenvalue weighted by molar-refractivity contribution is 7.89. The zero-order valence-electron chi connectivity index (χ0n) is 16.7. The zero-order valence-corrected chi connectivity index (χ0v) is 17.5. The van der Waals surface area contributed by atoms with E-state index in [1.165, 1.54) is 12.1 Å². The molecular weight excluding hydrogens is 402 g/mol. The zero-order chi connectivity index (χ0) is 21.5. The SMILES string of the molecule is Cc1cc(S(N)(=O)=O)ccc1Nc1nccc(N(C)c2ccc3c(C)n[nH]c3c2)n1. The molecule has 10 heteroatoms. The van der Waals surface area contributed by atoms with E-state index in [1.807, 2.05) is 43.1 Å². The number of aryl methyl sites for hydroxylation is 2. The van der Waals surface area contributed by atoms with Gasteiger partial charge in [0.05, 0.1) is 16.1 Å². The predicted octanol–water partition coefficient (Wildman–Crippen LogP) is 3.13. The molecule has 154 valence electrons. The number of fused-ring (bicyclic) bond motifs is 1. The van der Waals surface area contributed by atoms with Crippen molar-refractivity contribution in [2.45, 2.75) is 18.7 Å². The molecule has 0 fully saturated rings. The van der Waals surface area contributed by atoms with Crippen LogP contribution in [0.25, 0.3) is 10.9 Å². The molecule has 0 saturated heterocycles. The van der Waals surface area contributed by atoms with Crippen LogP contribution in [0.15, 0.2) is 53.6 Å². The van der Waals surface area contributed by atoms with Crippen LogP contribution in [0.3, 0.4) is 0 Å². The summed E-state index contributed by atoms with van der Waals surface area (Å²) in [5, 5.41) is 16.7. The Bertz CT molecular complexity index is 1350. The van der Waals surface area contributed by atoms with Crippen LogP contribution in [-0.2, 0) is 10.0 Å². The van der Waals surface area contributed by atoms with Crippen LogP contribution >= 0.6 is 0 Å². The molecule has 0 saturated carbocycles. The lowest BCUT2D eigenvalue weighted by atomic mass is 10.2. The van der Waals surface area contributed by atoms with Crippen molar-refractivity contribution in [3.63, 3.8) is 0 Å². The largest absolute Gasteiger partial charge is 0.329 e. The Morgan fingerprint density at radius 3 is 2.63 bits per heavy atom. The molecule has 0 radical (unpaired) electrons. The molecule has 4 rings (SSSR count). The molecule has 0 bridgehead atoms. The van der Waals surface area contributed by atoms with E-state index in [2.05, 4.69) is 25.5 Å². The van der Waals surface area contributed by atoms with Crippen LogP contribution in [0.2, 0.25) is 0 Å². The number of nitrogens with one attached hydrogen (secondary N) is 2. The van der Waals surface area contributed by atoms with E-state index < -0.39 is 10.0 Å². The van der Waals surface area contributed by atoms with Crippen LogP contribution in [0.4, 0.5) is 23.1 Å². The van der Waals surface area contributed by atoms with Gasteiger partial charge >= 0.3 is 0 Å². The Hall–Kier alpha value is -3.50. The van der Waals surface area contributed by atoms with Gasteiger partial charge < -0.3 is 10.2 Å². The van der Waals surface area contributed by atoms with Crippen molar-refractivity contribution in [2.24, 2.45) is 5.14 Å². The highest BCUT2D eigenvalue weighted by Crippen LogP contribution is 2.27. The van der Waals surface area contributed by atoms with Crippen molar-refractivity contribution in [2.75, 3.05) is 17.3 Å². The number of aromatic nitrogens is 4. The Morgan fingerprint density at radius 1 is 1.10 bits per heavy atom. The lowest BCUT2D eigenvalue weighted by Gasteiger charge is -2.19. The number of H-pyrrole nitrogens is 1. The molecule has 2 aromatic heterocycles. The third-order valence-corrected chi connectivity index (χ3v) is 5.79. The van der Waals surface area contributed by atoms with E-state index in [9.17, 15) is 8.42 Å². The minimum atomic E-state index is -3.75. The maximum absolute atomic E-state index is 11.5. The van der Waals surface area contributed by atoms with Crippen molar-refractivity contribution in [3.05, 3.63) is 59.9 Å². The summed E-state index contributed by atoms with van der Waals surface area (Å²) in [5.74, 6) is 1.09. The molecule has 30 heavy (non-hydrogen) atoms. The first-order valence-corrected chi connectivity index (χ1v) is 10.7. The number of aromatic amines is 1. The van der Waals surface area contributed by atoms with E-state index in [1.54, 1.807) is 19.2 Å². The van der Waals surface area contributed by atoms with Crippen LogP contribution in [0.5, 0.6) is 0 Å². The van der Waals surface area contributed by atoms with Crippen molar-refractivity contribution < 1.29 is 8.42 Å². The van der Waals surface area contributed by atoms with Gasteiger partial charge in [-0.2, -0.15) is 10.1 Å². The van der Waals surface area contributed by atoms with Crippen molar-refractivity contribution in [1.82, 2.24) is 20.2 Å². The number of hydrogen-bond donors (Lipinski definition) is 3. The lowest BCUT2D eigenvalue weighted by molar-refractivity contribution is 0.597. The van der Waals surface area contributed by atoms with Gasteiger partial charge in [0.2, 0.25) is 16.0 Å². The molecule has 0 amide bonds. The van der Waals surface area contributed by atoms with E-state index in [-0.39, 0.29) is 4.90 Å². The molecular formula is C20H21N7O2S. The maximum Gasteiger partial charge on any atom is 0.238 e. The second-order valence-electron chi connectivity index (χ2n) is 6.98. The summed E-state index contributed by atoms with van der Waals surface area (Å²) >= 11 is 0. The predicted molar refractivity (Wildman–Crippen MR) is 117 cm³/mol. The van der Waals surface area contributed by atoms with Crippen LogP contribution in [-0.4, -0.2) is 35.6 Å².